The molecule has 0 saturated carbocycles. The summed E-state index contributed by atoms with van der Waals surface area (Å²) in [5.74, 6) is -0.234. The molecule has 0 amide bonds. The van der Waals surface area contributed by atoms with Crippen LogP contribution in [-0.4, -0.2) is 44.0 Å². The van der Waals surface area contributed by atoms with Gasteiger partial charge >= 0.3 is 6.18 Å². The van der Waals surface area contributed by atoms with Crippen molar-refractivity contribution in [3.8, 4) is 5.95 Å². The van der Waals surface area contributed by atoms with Crippen LogP contribution in [0.15, 0.2) is 18.5 Å². The molecule has 10 heteroatoms. The van der Waals surface area contributed by atoms with E-state index >= 15 is 0 Å². The number of aromatic nitrogens is 5. The highest BCUT2D eigenvalue weighted by Gasteiger charge is 2.31. The summed E-state index contributed by atoms with van der Waals surface area (Å²) in [6.07, 6.45) is -1.31. The summed E-state index contributed by atoms with van der Waals surface area (Å²) in [6.45, 7) is 0.492. The molecule has 0 fully saturated rings. The molecule has 0 spiro atoms. The fourth-order valence-electron chi connectivity index (χ4n) is 1.54. The fraction of sp³-hybridized carbons (Fsp3) is 0.400. The van der Waals surface area contributed by atoms with E-state index in [4.69, 9.17) is 5.73 Å². The summed E-state index contributed by atoms with van der Waals surface area (Å²) in [6, 6.07) is 1.63. The predicted molar refractivity (Wildman–Crippen MR) is 65.3 cm³/mol. The smallest absolute Gasteiger partial charge is 0.368 e. The molecular formula is C10H12F3N7. The largest absolute Gasteiger partial charge is 0.406 e. The molecule has 0 unspecified atom stereocenters. The zero-order valence-electron chi connectivity index (χ0n) is 10.5. The van der Waals surface area contributed by atoms with Gasteiger partial charge in [0.05, 0.1) is 0 Å². The van der Waals surface area contributed by atoms with E-state index in [9.17, 15) is 13.2 Å². The van der Waals surface area contributed by atoms with Crippen LogP contribution in [0.4, 0.5) is 25.1 Å². The van der Waals surface area contributed by atoms with Crippen molar-refractivity contribution in [2.75, 3.05) is 23.7 Å². The molecule has 2 rings (SSSR count). The Kier molecular flexibility index (Phi) is 3.72. The Morgan fingerprint density at radius 3 is 2.60 bits per heavy atom. The maximum atomic E-state index is 12.5. The summed E-state index contributed by atoms with van der Waals surface area (Å²) >= 11 is 0. The van der Waals surface area contributed by atoms with Crippen LogP contribution in [0.1, 0.15) is 6.92 Å². The predicted octanol–water partition coefficient (Wildman–Crippen LogP) is 1.03. The molecular weight excluding hydrogens is 275 g/mol. The topological polar surface area (TPSA) is 85.8 Å². The molecule has 0 bridgehead atoms. The highest BCUT2D eigenvalue weighted by molar-refractivity contribution is 5.37. The first kappa shape index (κ1) is 14.0. The lowest BCUT2D eigenvalue weighted by Crippen LogP contribution is -2.35. The molecule has 7 nitrogen and oxygen atoms in total. The van der Waals surface area contributed by atoms with Crippen molar-refractivity contribution in [3.63, 3.8) is 0 Å². The maximum absolute atomic E-state index is 12.5. The van der Waals surface area contributed by atoms with Crippen molar-refractivity contribution in [1.29, 1.82) is 0 Å². The van der Waals surface area contributed by atoms with Gasteiger partial charge < -0.3 is 10.6 Å². The number of rotatable bonds is 4. The highest BCUT2D eigenvalue weighted by Crippen LogP contribution is 2.20. The minimum absolute atomic E-state index is 0.0677. The van der Waals surface area contributed by atoms with Gasteiger partial charge in [-0.2, -0.15) is 33.2 Å². The Labute approximate surface area is 112 Å². The van der Waals surface area contributed by atoms with E-state index < -0.39 is 12.7 Å². The third kappa shape index (κ3) is 3.33. The maximum Gasteiger partial charge on any atom is 0.406 e. The van der Waals surface area contributed by atoms with Crippen LogP contribution < -0.4 is 10.6 Å². The van der Waals surface area contributed by atoms with Gasteiger partial charge in [0.15, 0.2) is 0 Å². The van der Waals surface area contributed by atoms with Gasteiger partial charge in [0.2, 0.25) is 11.9 Å². The zero-order valence-corrected chi connectivity index (χ0v) is 10.5. The molecule has 0 radical (unpaired) electrons. The summed E-state index contributed by atoms with van der Waals surface area (Å²) in [4.78, 5) is 12.5. The van der Waals surface area contributed by atoms with Crippen LogP contribution in [0.5, 0.6) is 0 Å². The Morgan fingerprint density at radius 1 is 1.30 bits per heavy atom. The average molecular weight is 287 g/mol. The SMILES string of the molecule is CCN(CC(F)(F)F)c1nc(N)nc(-n2cccn2)n1. The van der Waals surface area contributed by atoms with Crippen molar-refractivity contribution in [3.05, 3.63) is 18.5 Å². The van der Waals surface area contributed by atoms with E-state index in [2.05, 4.69) is 20.1 Å². The lowest BCUT2D eigenvalue weighted by molar-refractivity contribution is -0.119. The Morgan fingerprint density at radius 2 is 2.05 bits per heavy atom. The Bertz CT molecular complexity index is 567. The number of anilines is 2. The number of alkyl halides is 3. The van der Waals surface area contributed by atoms with Crippen molar-refractivity contribution >= 4 is 11.9 Å². The van der Waals surface area contributed by atoms with Crippen LogP contribution in [0, 0.1) is 0 Å². The molecule has 20 heavy (non-hydrogen) atoms. The van der Waals surface area contributed by atoms with Gasteiger partial charge in [-0.05, 0) is 13.0 Å². The van der Waals surface area contributed by atoms with Gasteiger partial charge in [0.25, 0.3) is 5.95 Å². The molecule has 0 aliphatic heterocycles. The van der Waals surface area contributed by atoms with Crippen molar-refractivity contribution < 1.29 is 13.2 Å². The van der Waals surface area contributed by atoms with Gasteiger partial charge in [-0.15, -0.1) is 0 Å². The molecule has 0 saturated heterocycles. The lowest BCUT2D eigenvalue weighted by atomic mass is 10.5. The molecule has 2 heterocycles. The number of nitrogens with two attached hydrogens (primary N) is 1. The monoisotopic (exact) mass is 287 g/mol. The highest BCUT2D eigenvalue weighted by atomic mass is 19.4. The molecule has 0 aliphatic carbocycles. The summed E-state index contributed by atoms with van der Waals surface area (Å²) < 4.78 is 38.8. The minimum atomic E-state index is -4.36. The van der Waals surface area contributed by atoms with Gasteiger partial charge in [0, 0.05) is 18.9 Å². The molecule has 2 N–H and O–H groups in total. The minimum Gasteiger partial charge on any atom is -0.368 e. The molecule has 2 aromatic rings. The van der Waals surface area contributed by atoms with E-state index in [0.717, 1.165) is 4.90 Å². The van der Waals surface area contributed by atoms with Gasteiger partial charge in [-0.1, -0.05) is 0 Å². The van der Waals surface area contributed by atoms with E-state index in [1.807, 2.05) is 0 Å². The van der Waals surface area contributed by atoms with Crippen molar-refractivity contribution in [2.45, 2.75) is 13.1 Å². The van der Waals surface area contributed by atoms with Crippen LogP contribution >= 0.6 is 0 Å². The van der Waals surface area contributed by atoms with Crippen molar-refractivity contribution in [2.24, 2.45) is 0 Å². The second kappa shape index (κ2) is 5.31. The standard InChI is InChI=1S/C10H12F3N7/c1-2-19(6-10(11,12)13)8-16-7(14)17-9(18-8)20-5-3-4-15-20/h3-5H,2,6H2,1H3,(H2,14,16,17,18). The second-order valence-electron chi connectivity index (χ2n) is 3.87. The fourth-order valence-corrected chi connectivity index (χ4v) is 1.54. The van der Waals surface area contributed by atoms with E-state index in [0.29, 0.717) is 0 Å². The number of nitrogens with zero attached hydrogens (tertiary/aromatic N) is 6. The van der Waals surface area contributed by atoms with Gasteiger partial charge in [0.1, 0.15) is 6.54 Å². The van der Waals surface area contributed by atoms with Gasteiger partial charge in [-0.3, -0.25) is 0 Å². The van der Waals surface area contributed by atoms with E-state index in [-0.39, 0.29) is 24.4 Å². The summed E-state index contributed by atoms with van der Waals surface area (Å²) in [7, 11) is 0. The normalized spacial score (nSPS) is 11.6. The third-order valence-electron chi connectivity index (χ3n) is 2.37. The van der Waals surface area contributed by atoms with Gasteiger partial charge in [-0.25, -0.2) is 4.68 Å². The van der Waals surface area contributed by atoms with Crippen LogP contribution in [0.3, 0.4) is 0 Å². The van der Waals surface area contributed by atoms with Crippen LogP contribution in [-0.2, 0) is 0 Å². The first-order valence-corrected chi connectivity index (χ1v) is 5.72. The molecule has 0 atom stereocenters. The van der Waals surface area contributed by atoms with Crippen molar-refractivity contribution in [1.82, 2.24) is 24.7 Å². The Hall–Kier alpha value is -2.39. The molecule has 2 aromatic heterocycles. The molecule has 0 aliphatic rings. The molecule has 0 aromatic carbocycles. The van der Waals surface area contributed by atoms with E-state index in [1.54, 1.807) is 19.2 Å². The van der Waals surface area contributed by atoms with Crippen LogP contribution in [0.25, 0.3) is 5.95 Å². The molecule has 108 valence electrons. The number of hydrogen-bond acceptors (Lipinski definition) is 6. The number of hydrogen-bond donors (Lipinski definition) is 1. The lowest BCUT2D eigenvalue weighted by Gasteiger charge is -2.22. The quantitative estimate of drug-likeness (QED) is 0.904. The van der Waals surface area contributed by atoms with E-state index in [1.165, 1.54) is 10.9 Å². The summed E-state index contributed by atoms with van der Waals surface area (Å²) in [5.41, 5.74) is 5.51. The average Bonchev–Trinajstić information content (AvgIpc) is 2.88. The Balaban J connectivity index is 2.36. The third-order valence-corrected chi connectivity index (χ3v) is 2.37. The number of halogens is 3. The van der Waals surface area contributed by atoms with Crippen LogP contribution in [0.2, 0.25) is 0 Å². The zero-order chi connectivity index (χ0) is 14.8. The number of nitrogen functional groups attached to an aromatic ring is 1. The second-order valence-corrected chi connectivity index (χ2v) is 3.87. The summed E-state index contributed by atoms with van der Waals surface area (Å²) in [5, 5.41) is 3.90. The first-order valence-electron chi connectivity index (χ1n) is 5.72. The first-order chi connectivity index (χ1) is 9.39.